The lowest BCUT2D eigenvalue weighted by molar-refractivity contribution is -0.138. The monoisotopic (exact) mass is 253 g/mol. The van der Waals surface area contributed by atoms with Crippen molar-refractivity contribution in [2.75, 3.05) is 12.9 Å². The molecule has 2 N–H and O–H groups in total. The molecule has 0 aromatic heterocycles. The Kier molecular flexibility index (Phi) is 4.04. The third-order valence-corrected chi connectivity index (χ3v) is 3.94. The molecular formula is C12H15NO3S. The van der Waals surface area contributed by atoms with Gasteiger partial charge in [-0.2, -0.15) is 0 Å². The van der Waals surface area contributed by atoms with E-state index in [-0.39, 0.29) is 5.37 Å². The summed E-state index contributed by atoms with van der Waals surface area (Å²) in [5.74, 6) is -0.171. The van der Waals surface area contributed by atoms with Crippen LogP contribution in [-0.4, -0.2) is 30.0 Å². The summed E-state index contributed by atoms with van der Waals surface area (Å²) in [6.07, 6.45) is 0. The van der Waals surface area contributed by atoms with Crippen LogP contribution in [0.4, 0.5) is 0 Å². The Bertz CT molecular complexity index is 393. The molecule has 1 heterocycles. The van der Waals surface area contributed by atoms with Crippen molar-refractivity contribution in [1.82, 2.24) is 5.32 Å². The number of methoxy groups -OCH3 is 1. The number of hydrogen-bond donors (Lipinski definition) is 2. The van der Waals surface area contributed by atoms with Crippen molar-refractivity contribution in [3.8, 4) is 0 Å². The lowest BCUT2D eigenvalue weighted by Crippen LogP contribution is -2.33. The molecule has 0 saturated carbocycles. The van der Waals surface area contributed by atoms with Crippen LogP contribution in [0.15, 0.2) is 24.3 Å². The summed E-state index contributed by atoms with van der Waals surface area (Å²) in [5.41, 5.74) is 2.23. The lowest BCUT2D eigenvalue weighted by atomic mass is 10.1. The van der Waals surface area contributed by atoms with Gasteiger partial charge in [0.1, 0.15) is 6.04 Å². The third kappa shape index (κ3) is 3.00. The van der Waals surface area contributed by atoms with Crippen LogP contribution < -0.4 is 5.32 Å². The van der Waals surface area contributed by atoms with Crippen molar-refractivity contribution >= 4 is 17.7 Å². The highest BCUT2D eigenvalue weighted by Gasteiger charge is 2.30. The van der Waals surface area contributed by atoms with E-state index in [1.54, 1.807) is 18.9 Å². The molecule has 0 spiro atoms. The van der Waals surface area contributed by atoms with E-state index in [4.69, 9.17) is 9.84 Å². The van der Waals surface area contributed by atoms with E-state index in [0.29, 0.717) is 12.4 Å². The van der Waals surface area contributed by atoms with Crippen molar-refractivity contribution in [1.29, 1.82) is 0 Å². The summed E-state index contributed by atoms with van der Waals surface area (Å²) < 4.78 is 5.04. The van der Waals surface area contributed by atoms with Gasteiger partial charge in [-0.3, -0.25) is 10.1 Å². The molecule has 4 nitrogen and oxygen atoms in total. The number of carbonyl (C=O) groups is 1. The molecule has 5 heteroatoms. The number of carboxylic acid groups (broad SMARTS) is 1. The minimum absolute atomic E-state index is 0.0766. The van der Waals surface area contributed by atoms with Gasteiger partial charge in [0.15, 0.2) is 0 Å². The average Bonchev–Trinajstić information content (AvgIpc) is 2.80. The van der Waals surface area contributed by atoms with E-state index in [1.165, 1.54) is 0 Å². The maximum Gasteiger partial charge on any atom is 0.321 e. The van der Waals surface area contributed by atoms with Crippen LogP contribution in [0, 0.1) is 0 Å². The van der Waals surface area contributed by atoms with Crippen molar-refractivity contribution in [2.45, 2.75) is 18.0 Å². The van der Waals surface area contributed by atoms with Crippen LogP contribution in [0.2, 0.25) is 0 Å². The molecule has 2 atom stereocenters. The Morgan fingerprint density at radius 2 is 2.24 bits per heavy atom. The summed E-state index contributed by atoms with van der Waals surface area (Å²) in [4.78, 5) is 10.8. The Morgan fingerprint density at radius 3 is 2.76 bits per heavy atom. The standard InChI is InChI=1S/C12H15NO3S/c1-16-6-8-2-4-9(5-3-8)11-13-10(7-17-11)12(14)15/h2-5,10-11,13H,6-7H2,1H3,(H,14,15). The van der Waals surface area contributed by atoms with Gasteiger partial charge >= 0.3 is 5.97 Å². The number of thioether (sulfide) groups is 1. The number of hydrogen-bond acceptors (Lipinski definition) is 4. The Hall–Kier alpha value is -1.04. The smallest absolute Gasteiger partial charge is 0.321 e. The van der Waals surface area contributed by atoms with Crippen molar-refractivity contribution in [3.63, 3.8) is 0 Å². The van der Waals surface area contributed by atoms with E-state index in [9.17, 15) is 4.79 Å². The zero-order valence-corrected chi connectivity index (χ0v) is 10.4. The van der Waals surface area contributed by atoms with Crippen LogP contribution in [0.25, 0.3) is 0 Å². The first-order chi connectivity index (χ1) is 8.20. The maximum absolute atomic E-state index is 10.8. The molecule has 0 amide bonds. The van der Waals surface area contributed by atoms with Gasteiger partial charge in [0.2, 0.25) is 0 Å². The van der Waals surface area contributed by atoms with Gasteiger partial charge in [-0.05, 0) is 11.1 Å². The summed E-state index contributed by atoms with van der Waals surface area (Å²) in [6.45, 7) is 0.600. The molecule has 2 rings (SSSR count). The van der Waals surface area contributed by atoms with Crippen molar-refractivity contribution in [3.05, 3.63) is 35.4 Å². The molecule has 0 aliphatic carbocycles. The van der Waals surface area contributed by atoms with Gasteiger partial charge in [0.25, 0.3) is 0 Å². The molecule has 92 valence electrons. The molecule has 1 aromatic rings. The molecule has 1 aliphatic rings. The highest BCUT2D eigenvalue weighted by atomic mass is 32.2. The van der Waals surface area contributed by atoms with Gasteiger partial charge in [0.05, 0.1) is 12.0 Å². The maximum atomic E-state index is 10.8. The number of benzene rings is 1. The molecule has 17 heavy (non-hydrogen) atoms. The molecule has 1 aromatic carbocycles. The quantitative estimate of drug-likeness (QED) is 0.854. The second-order valence-corrected chi connectivity index (χ2v) is 5.08. The van der Waals surface area contributed by atoms with Gasteiger partial charge in [-0.15, -0.1) is 11.8 Å². The summed E-state index contributed by atoms with van der Waals surface area (Å²) in [7, 11) is 1.67. The lowest BCUT2D eigenvalue weighted by Gasteiger charge is -2.11. The van der Waals surface area contributed by atoms with E-state index < -0.39 is 12.0 Å². The average molecular weight is 253 g/mol. The van der Waals surface area contributed by atoms with Gasteiger partial charge in [0, 0.05) is 12.9 Å². The zero-order valence-electron chi connectivity index (χ0n) is 9.55. The van der Waals surface area contributed by atoms with E-state index >= 15 is 0 Å². The normalized spacial score (nSPS) is 23.8. The van der Waals surface area contributed by atoms with Gasteiger partial charge in [-0.25, -0.2) is 0 Å². The fourth-order valence-electron chi connectivity index (χ4n) is 1.76. The first-order valence-electron chi connectivity index (χ1n) is 5.39. The van der Waals surface area contributed by atoms with Gasteiger partial charge < -0.3 is 9.84 Å². The van der Waals surface area contributed by atoms with Crippen molar-refractivity contribution in [2.24, 2.45) is 0 Å². The number of aliphatic carboxylic acids is 1. The first kappa shape index (κ1) is 12.4. The number of nitrogens with one attached hydrogen (secondary N) is 1. The third-order valence-electron chi connectivity index (χ3n) is 2.67. The second-order valence-electron chi connectivity index (χ2n) is 3.95. The highest BCUT2D eigenvalue weighted by molar-refractivity contribution is 7.99. The molecule has 0 bridgehead atoms. The second kappa shape index (κ2) is 5.53. The van der Waals surface area contributed by atoms with E-state index in [2.05, 4.69) is 5.32 Å². The fourth-order valence-corrected chi connectivity index (χ4v) is 3.00. The molecule has 0 radical (unpaired) electrons. The first-order valence-corrected chi connectivity index (χ1v) is 6.44. The Labute approximate surface area is 104 Å². The summed E-state index contributed by atoms with van der Waals surface area (Å²) in [5, 5.41) is 12.1. The Balaban J connectivity index is 2.01. The van der Waals surface area contributed by atoms with Crippen LogP contribution in [0.1, 0.15) is 16.5 Å². The Morgan fingerprint density at radius 1 is 1.53 bits per heavy atom. The minimum atomic E-state index is -0.781. The predicted octanol–water partition coefficient (Wildman–Crippen LogP) is 1.62. The largest absolute Gasteiger partial charge is 0.480 e. The van der Waals surface area contributed by atoms with Gasteiger partial charge in [-0.1, -0.05) is 24.3 Å². The zero-order chi connectivity index (χ0) is 12.3. The van der Waals surface area contributed by atoms with Crippen LogP contribution in [-0.2, 0) is 16.1 Å². The molecule has 1 aliphatic heterocycles. The van der Waals surface area contributed by atoms with E-state index in [0.717, 1.165) is 11.1 Å². The number of rotatable bonds is 4. The van der Waals surface area contributed by atoms with Crippen LogP contribution >= 0.6 is 11.8 Å². The van der Waals surface area contributed by atoms with Crippen LogP contribution in [0.5, 0.6) is 0 Å². The summed E-state index contributed by atoms with van der Waals surface area (Å²) in [6, 6.07) is 7.61. The van der Waals surface area contributed by atoms with Crippen molar-refractivity contribution < 1.29 is 14.6 Å². The SMILES string of the molecule is COCc1ccc(C2NC(C(=O)O)CS2)cc1. The number of carboxylic acids is 1. The predicted molar refractivity (Wildman–Crippen MR) is 66.9 cm³/mol. The fraction of sp³-hybridized carbons (Fsp3) is 0.417. The molecular weight excluding hydrogens is 238 g/mol. The topological polar surface area (TPSA) is 58.6 Å². The number of ether oxygens (including phenoxy) is 1. The molecule has 1 fully saturated rings. The molecule has 1 saturated heterocycles. The highest BCUT2D eigenvalue weighted by Crippen LogP contribution is 2.32. The minimum Gasteiger partial charge on any atom is -0.480 e. The van der Waals surface area contributed by atoms with E-state index in [1.807, 2.05) is 24.3 Å². The summed E-state index contributed by atoms with van der Waals surface area (Å²) >= 11 is 1.63. The molecule has 2 unspecified atom stereocenters. The van der Waals surface area contributed by atoms with Crippen LogP contribution in [0.3, 0.4) is 0 Å².